The molecule has 1 aromatic carbocycles. The molecular weight excluding hydrogens is 198 g/mol. The zero-order chi connectivity index (χ0) is 12.1. The average Bonchev–Trinajstić information content (AvgIpc) is 2.15. The van der Waals surface area contributed by atoms with Crippen molar-refractivity contribution in [2.75, 3.05) is 11.9 Å². The van der Waals surface area contributed by atoms with Gasteiger partial charge in [-0.2, -0.15) is 0 Å². The van der Waals surface area contributed by atoms with E-state index in [-0.39, 0.29) is 6.10 Å². The molecule has 1 rings (SSSR count). The Labute approximate surface area is 99.0 Å². The summed E-state index contributed by atoms with van der Waals surface area (Å²) in [5, 5.41) is 3.44. The van der Waals surface area contributed by atoms with Crippen molar-refractivity contribution < 1.29 is 4.74 Å². The van der Waals surface area contributed by atoms with Crippen LogP contribution in [0.3, 0.4) is 0 Å². The van der Waals surface area contributed by atoms with Gasteiger partial charge in [-0.15, -0.1) is 0 Å². The van der Waals surface area contributed by atoms with E-state index in [0.29, 0.717) is 5.92 Å². The van der Waals surface area contributed by atoms with Crippen LogP contribution in [0.4, 0.5) is 5.69 Å². The molecule has 0 radical (unpaired) electrons. The van der Waals surface area contributed by atoms with Gasteiger partial charge in [0.1, 0.15) is 5.75 Å². The van der Waals surface area contributed by atoms with E-state index >= 15 is 0 Å². The Hall–Kier alpha value is -1.18. The minimum atomic E-state index is 0.230. The van der Waals surface area contributed by atoms with Crippen molar-refractivity contribution in [3.63, 3.8) is 0 Å². The molecule has 0 heterocycles. The molecule has 0 spiro atoms. The van der Waals surface area contributed by atoms with Gasteiger partial charge in [0.2, 0.25) is 0 Å². The van der Waals surface area contributed by atoms with Crippen LogP contribution in [-0.2, 0) is 0 Å². The molecule has 0 aliphatic rings. The highest BCUT2D eigenvalue weighted by Gasteiger charge is 2.02. The van der Waals surface area contributed by atoms with Gasteiger partial charge >= 0.3 is 0 Å². The van der Waals surface area contributed by atoms with E-state index in [2.05, 4.69) is 38.2 Å². The van der Waals surface area contributed by atoms with Gasteiger partial charge in [-0.25, -0.2) is 0 Å². The Kier molecular flexibility index (Phi) is 4.66. The molecule has 1 N–H and O–H groups in total. The van der Waals surface area contributed by atoms with Crippen molar-refractivity contribution in [3.05, 3.63) is 23.8 Å². The zero-order valence-corrected chi connectivity index (χ0v) is 11.0. The summed E-state index contributed by atoms with van der Waals surface area (Å²) in [4.78, 5) is 0. The minimum absolute atomic E-state index is 0.230. The largest absolute Gasteiger partial charge is 0.491 e. The lowest BCUT2D eigenvalue weighted by Gasteiger charge is -2.14. The van der Waals surface area contributed by atoms with E-state index in [0.717, 1.165) is 12.3 Å². The molecule has 1 aromatic rings. The molecule has 0 amide bonds. The molecule has 0 aromatic heterocycles. The van der Waals surface area contributed by atoms with Crippen LogP contribution in [-0.4, -0.2) is 12.6 Å². The lowest BCUT2D eigenvalue weighted by atomic mass is 10.1. The lowest BCUT2D eigenvalue weighted by molar-refractivity contribution is 0.242. The topological polar surface area (TPSA) is 21.3 Å². The van der Waals surface area contributed by atoms with Crippen LogP contribution in [0.5, 0.6) is 5.75 Å². The molecule has 0 saturated heterocycles. The normalized spacial score (nSPS) is 10.9. The predicted molar refractivity (Wildman–Crippen MR) is 70.3 cm³/mol. The number of hydrogen-bond donors (Lipinski definition) is 1. The maximum Gasteiger partial charge on any atom is 0.120 e. The number of rotatable bonds is 5. The molecule has 0 bridgehead atoms. The van der Waals surface area contributed by atoms with Crippen molar-refractivity contribution in [1.82, 2.24) is 0 Å². The van der Waals surface area contributed by atoms with Gasteiger partial charge < -0.3 is 10.1 Å². The summed E-state index contributed by atoms with van der Waals surface area (Å²) in [5.41, 5.74) is 2.43. The Bertz CT molecular complexity index is 332. The Balaban J connectivity index is 2.67. The Morgan fingerprint density at radius 2 is 1.88 bits per heavy atom. The first-order valence-electron chi connectivity index (χ1n) is 6.00. The van der Waals surface area contributed by atoms with Crippen LogP contribution in [0.1, 0.15) is 33.3 Å². The maximum absolute atomic E-state index is 5.65. The highest BCUT2D eigenvalue weighted by atomic mass is 16.5. The summed E-state index contributed by atoms with van der Waals surface area (Å²) in [5.74, 6) is 1.61. The molecule has 2 heteroatoms. The number of nitrogens with one attached hydrogen (secondary N) is 1. The van der Waals surface area contributed by atoms with Crippen LogP contribution < -0.4 is 10.1 Å². The summed E-state index contributed by atoms with van der Waals surface area (Å²) < 4.78 is 5.65. The first-order chi connectivity index (χ1) is 7.49. The van der Waals surface area contributed by atoms with Crippen molar-refractivity contribution >= 4 is 5.69 Å². The fourth-order valence-electron chi connectivity index (χ4n) is 1.49. The third kappa shape index (κ3) is 4.13. The second-order valence-electron chi connectivity index (χ2n) is 4.92. The van der Waals surface area contributed by atoms with E-state index in [9.17, 15) is 0 Å². The zero-order valence-electron chi connectivity index (χ0n) is 11.0. The summed E-state index contributed by atoms with van der Waals surface area (Å²) in [6, 6.07) is 6.20. The van der Waals surface area contributed by atoms with Crippen LogP contribution in [0, 0.1) is 12.8 Å². The smallest absolute Gasteiger partial charge is 0.120 e. The van der Waals surface area contributed by atoms with Crippen molar-refractivity contribution in [3.8, 4) is 5.75 Å². The summed E-state index contributed by atoms with van der Waals surface area (Å²) in [6.07, 6.45) is 0.230. The summed E-state index contributed by atoms with van der Waals surface area (Å²) in [6.45, 7) is 11.6. The molecule has 0 unspecified atom stereocenters. The minimum Gasteiger partial charge on any atom is -0.491 e. The molecule has 0 fully saturated rings. The highest BCUT2D eigenvalue weighted by molar-refractivity contribution is 5.53. The third-order valence-electron chi connectivity index (χ3n) is 2.27. The van der Waals surface area contributed by atoms with Crippen molar-refractivity contribution in [2.45, 2.75) is 40.7 Å². The Morgan fingerprint density at radius 3 is 2.38 bits per heavy atom. The van der Waals surface area contributed by atoms with Gasteiger partial charge in [0.05, 0.1) is 6.10 Å². The second-order valence-corrected chi connectivity index (χ2v) is 4.92. The van der Waals surface area contributed by atoms with Gasteiger partial charge in [-0.05, 0) is 50.5 Å². The van der Waals surface area contributed by atoms with Crippen LogP contribution >= 0.6 is 0 Å². The SMILES string of the molecule is Cc1cc(OC(C)C)ccc1NCC(C)C. The number of benzene rings is 1. The first-order valence-corrected chi connectivity index (χ1v) is 6.00. The molecule has 0 atom stereocenters. The average molecular weight is 221 g/mol. The van der Waals surface area contributed by atoms with Gasteiger partial charge in [0.25, 0.3) is 0 Å². The molecule has 0 aliphatic carbocycles. The predicted octanol–water partition coefficient (Wildman–Crippen LogP) is 3.85. The molecule has 0 aliphatic heterocycles. The quantitative estimate of drug-likeness (QED) is 0.815. The van der Waals surface area contributed by atoms with E-state index in [1.54, 1.807) is 0 Å². The Morgan fingerprint density at radius 1 is 1.19 bits per heavy atom. The fraction of sp³-hybridized carbons (Fsp3) is 0.571. The lowest BCUT2D eigenvalue weighted by Crippen LogP contribution is -2.09. The second kappa shape index (κ2) is 5.78. The molecule has 0 saturated carbocycles. The summed E-state index contributed by atoms with van der Waals surface area (Å²) >= 11 is 0. The fourth-order valence-corrected chi connectivity index (χ4v) is 1.49. The highest BCUT2D eigenvalue weighted by Crippen LogP contribution is 2.22. The van der Waals surface area contributed by atoms with Crippen LogP contribution in [0.15, 0.2) is 18.2 Å². The van der Waals surface area contributed by atoms with Gasteiger partial charge in [-0.3, -0.25) is 0 Å². The van der Waals surface area contributed by atoms with Crippen molar-refractivity contribution in [1.29, 1.82) is 0 Å². The standard InChI is InChI=1S/C14H23NO/c1-10(2)9-15-14-7-6-13(8-12(14)5)16-11(3)4/h6-8,10-11,15H,9H2,1-5H3. The van der Waals surface area contributed by atoms with Gasteiger partial charge in [0.15, 0.2) is 0 Å². The van der Waals surface area contributed by atoms with E-state index in [1.165, 1.54) is 11.3 Å². The molecule has 2 nitrogen and oxygen atoms in total. The van der Waals surface area contributed by atoms with Gasteiger partial charge in [0, 0.05) is 12.2 Å². The van der Waals surface area contributed by atoms with Crippen LogP contribution in [0.25, 0.3) is 0 Å². The molecular formula is C14H23NO. The summed E-state index contributed by atoms with van der Waals surface area (Å²) in [7, 11) is 0. The van der Waals surface area contributed by atoms with E-state index < -0.39 is 0 Å². The van der Waals surface area contributed by atoms with Gasteiger partial charge in [-0.1, -0.05) is 13.8 Å². The van der Waals surface area contributed by atoms with E-state index in [4.69, 9.17) is 4.74 Å². The monoisotopic (exact) mass is 221 g/mol. The van der Waals surface area contributed by atoms with E-state index in [1.807, 2.05) is 19.9 Å². The maximum atomic E-state index is 5.65. The number of anilines is 1. The van der Waals surface area contributed by atoms with Crippen LogP contribution in [0.2, 0.25) is 0 Å². The number of aryl methyl sites for hydroxylation is 1. The first kappa shape index (κ1) is 12.9. The third-order valence-corrected chi connectivity index (χ3v) is 2.27. The number of hydrogen-bond acceptors (Lipinski definition) is 2. The molecule has 90 valence electrons. The molecule has 16 heavy (non-hydrogen) atoms. The van der Waals surface area contributed by atoms with Crippen molar-refractivity contribution in [2.24, 2.45) is 5.92 Å². The number of ether oxygens (including phenoxy) is 1.